The maximum Gasteiger partial charge on any atom is 0.299 e. The molecule has 1 aliphatic rings. The topological polar surface area (TPSA) is 148 Å². The lowest BCUT2D eigenvalue weighted by Gasteiger charge is -2.37. The summed E-state index contributed by atoms with van der Waals surface area (Å²) in [6, 6.07) is 18.7. The molecule has 1 N–H and O–H groups in total. The highest BCUT2D eigenvalue weighted by Crippen LogP contribution is 2.34. The fourth-order valence-electron chi connectivity index (χ4n) is 4.61. The van der Waals surface area contributed by atoms with E-state index in [9.17, 15) is 30.3 Å². The molecule has 0 amide bonds. The molecule has 0 unspecified atom stereocenters. The summed E-state index contributed by atoms with van der Waals surface area (Å²) in [5, 5.41) is 37.6. The lowest BCUT2D eigenvalue weighted by atomic mass is 10.1. The van der Waals surface area contributed by atoms with Gasteiger partial charge in [0.1, 0.15) is 11.4 Å². The minimum absolute atomic E-state index is 0.000418. The average Bonchev–Trinajstić information content (AvgIpc) is 2.92. The van der Waals surface area contributed by atoms with Crippen molar-refractivity contribution in [1.82, 2.24) is 0 Å². The number of rotatable bonds is 10. The van der Waals surface area contributed by atoms with Crippen LogP contribution in [0.3, 0.4) is 0 Å². The van der Waals surface area contributed by atoms with Crippen molar-refractivity contribution >= 4 is 34.1 Å². The Hall–Kier alpha value is -4.74. The van der Waals surface area contributed by atoms with E-state index in [4.69, 9.17) is 0 Å². The molecule has 1 aliphatic heterocycles. The summed E-state index contributed by atoms with van der Waals surface area (Å²) in [6.07, 6.45) is 1.65. The number of benzene rings is 3. The normalized spacial score (nSPS) is 14.1. The molecule has 0 aromatic heterocycles. The molecule has 0 spiro atoms. The van der Waals surface area contributed by atoms with E-state index in [-0.39, 0.29) is 23.1 Å². The number of non-ortho nitro benzene ring substituents is 1. The van der Waals surface area contributed by atoms with Crippen LogP contribution < -0.4 is 15.1 Å². The molecule has 1 saturated heterocycles. The molecule has 12 heteroatoms. The number of nitrogens with one attached hydrogen (secondary N) is 1. The molecule has 1 heterocycles. The van der Waals surface area contributed by atoms with Gasteiger partial charge in [0.2, 0.25) is 0 Å². The fraction of sp³-hybridized carbons (Fsp3) is 0.308. The summed E-state index contributed by atoms with van der Waals surface area (Å²) in [4.78, 5) is 36.5. The van der Waals surface area contributed by atoms with Gasteiger partial charge in [-0.1, -0.05) is 30.3 Å². The first-order valence-corrected chi connectivity index (χ1v) is 12.2. The maximum absolute atomic E-state index is 11.7. The molecule has 1 atom stereocenters. The van der Waals surface area contributed by atoms with E-state index < -0.39 is 14.8 Å². The van der Waals surface area contributed by atoms with Crippen LogP contribution >= 0.6 is 0 Å². The Kier molecular flexibility index (Phi) is 8.00. The van der Waals surface area contributed by atoms with Crippen molar-refractivity contribution < 1.29 is 14.8 Å². The Morgan fingerprint density at radius 1 is 0.789 bits per heavy atom. The van der Waals surface area contributed by atoms with Gasteiger partial charge in [-0.3, -0.25) is 30.3 Å². The highest BCUT2D eigenvalue weighted by molar-refractivity contribution is 5.71. The van der Waals surface area contributed by atoms with Crippen molar-refractivity contribution in [3.63, 3.8) is 0 Å². The quantitative estimate of drug-likeness (QED) is 0.282. The molecule has 38 heavy (non-hydrogen) atoms. The number of anilines is 3. The molecular formula is C26H28N6O6. The molecule has 198 valence electrons. The average molecular weight is 521 g/mol. The first kappa shape index (κ1) is 26.3. The standard InChI is InChI=1S/C26H28N6O6/c1-19(7-8-20-5-3-2-4-6-20)27-23-17-21(9-11-24(23)31(35)36)28-13-15-29(16-14-28)25-12-10-22(30(33)34)18-26(25)32(37)38/h2-6,9-12,17-19,27H,7-8,13-16H2,1H3/t19-/m1/s1. The molecule has 12 nitrogen and oxygen atoms in total. The summed E-state index contributed by atoms with van der Waals surface area (Å²) in [6.45, 7) is 3.94. The largest absolute Gasteiger partial charge is 0.377 e. The Morgan fingerprint density at radius 2 is 1.45 bits per heavy atom. The third-order valence-electron chi connectivity index (χ3n) is 6.64. The van der Waals surface area contributed by atoms with Crippen LogP contribution in [0.4, 0.5) is 34.1 Å². The van der Waals surface area contributed by atoms with Gasteiger partial charge in [-0.15, -0.1) is 0 Å². The fourth-order valence-corrected chi connectivity index (χ4v) is 4.61. The second kappa shape index (κ2) is 11.5. The molecule has 4 rings (SSSR count). The van der Waals surface area contributed by atoms with Gasteiger partial charge in [0.25, 0.3) is 17.1 Å². The first-order chi connectivity index (χ1) is 18.2. The highest BCUT2D eigenvalue weighted by atomic mass is 16.6. The van der Waals surface area contributed by atoms with Crippen LogP contribution in [-0.2, 0) is 6.42 Å². The predicted molar refractivity (Wildman–Crippen MR) is 145 cm³/mol. The van der Waals surface area contributed by atoms with Gasteiger partial charge in [0, 0.05) is 50.0 Å². The maximum atomic E-state index is 11.7. The SMILES string of the molecule is C[C@H](CCc1ccccc1)Nc1cc(N2CCN(c3ccc([N+](=O)[O-])cc3[N+](=O)[O-])CC2)ccc1[N+](=O)[O-]. The lowest BCUT2D eigenvalue weighted by molar-refractivity contribution is -0.393. The third-order valence-corrected chi connectivity index (χ3v) is 6.64. The van der Waals surface area contributed by atoms with E-state index in [1.807, 2.05) is 30.0 Å². The smallest absolute Gasteiger partial charge is 0.299 e. The van der Waals surface area contributed by atoms with Gasteiger partial charge >= 0.3 is 0 Å². The Balaban J connectivity index is 1.45. The van der Waals surface area contributed by atoms with Crippen LogP contribution in [0.2, 0.25) is 0 Å². The molecule has 0 aliphatic carbocycles. The summed E-state index contributed by atoms with van der Waals surface area (Å²) < 4.78 is 0. The zero-order valence-electron chi connectivity index (χ0n) is 20.9. The number of aryl methyl sites for hydroxylation is 1. The van der Waals surface area contributed by atoms with Crippen molar-refractivity contribution in [2.45, 2.75) is 25.8 Å². The third kappa shape index (κ3) is 6.14. The van der Waals surface area contributed by atoms with Crippen LogP contribution in [-0.4, -0.2) is 47.0 Å². The zero-order valence-corrected chi connectivity index (χ0v) is 20.9. The first-order valence-electron chi connectivity index (χ1n) is 12.2. The number of nitrogens with zero attached hydrogens (tertiary/aromatic N) is 5. The molecule has 3 aromatic carbocycles. The summed E-state index contributed by atoms with van der Waals surface area (Å²) in [5.74, 6) is 0. The molecular weight excluding hydrogens is 492 g/mol. The lowest BCUT2D eigenvalue weighted by Crippen LogP contribution is -2.46. The number of hydrogen-bond acceptors (Lipinski definition) is 9. The second-order valence-corrected chi connectivity index (χ2v) is 9.19. The number of nitro benzene ring substituents is 3. The molecule has 0 saturated carbocycles. The van der Waals surface area contributed by atoms with Crippen molar-refractivity contribution in [3.8, 4) is 0 Å². The minimum atomic E-state index is -0.655. The Labute approximate surface area is 218 Å². The number of hydrogen-bond donors (Lipinski definition) is 1. The monoisotopic (exact) mass is 520 g/mol. The number of piperazine rings is 1. The van der Waals surface area contributed by atoms with Crippen molar-refractivity contribution in [3.05, 3.63) is 103 Å². The van der Waals surface area contributed by atoms with Gasteiger partial charge in [0.15, 0.2) is 0 Å². The van der Waals surface area contributed by atoms with Gasteiger partial charge in [-0.2, -0.15) is 0 Å². The second-order valence-electron chi connectivity index (χ2n) is 9.19. The zero-order chi connectivity index (χ0) is 27.2. The van der Waals surface area contributed by atoms with Crippen molar-refractivity contribution in [1.29, 1.82) is 0 Å². The molecule has 0 radical (unpaired) electrons. The minimum Gasteiger partial charge on any atom is -0.377 e. The summed E-state index contributed by atoms with van der Waals surface area (Å²) in [5.41, 5.74) is 2.16. The van der Waals surface area contributed by atoms with Crippen LogP contribution in [0.15, 0.2) is 66.7 Å². The van der Waals surface area contributed by atoms with Gasteiger partial charge in [-0.25, -0.2) is 0 Å². The van der Waals surface area contributed by atoms with Crippen molar-refractivity contribution in [2.24, 2.45) is 0 Å². The van der Waals surface area contributed by atoms with E-state index in [2.05, 4.69) is 22.3 Å². The van der Waals surface area contributed by atoms with Crippen LogP contribution in [0.5, 0.6) is 0 Å². The van der Waals surface area contributed by atoms with E-state index in [0.29, 0.717) is 37.6 Å². The molecule has 3 aromatic rings. The van der Waals surface area contributed by atoms with Crippen LogP contribution in [0.1, 0.15) is 18.9 Å². The van der Waals surface area contributed by atoms with Gasteiger partial charge in [-0.05, 0) is 43.5 Å². The van der Waals surface area contributed by atoms with E-state index in [0.717, 1.165) is 24.6 Å². The van der Waals surface area contributed by atoms with Crippen molar-refractivity contribution in [2.75, 3.05) is 41.3 Å². The van der Waals surface area contributed by atoms with Crippen LogP contribution in [0.25, 0.3) is 0 Å². The Morgan fingerprint density at radius 3 is 2.08 bits per heavy atom. The summed E-state index contributed by atoms with van der Waals surface area (Å²) >= 11 is 0. The van der Waals surface area contributed by atoms with Crippen LogP contribution in [0, 0.1) is 30.3 Å². The Bertz CT molecular complexity index is 1330. The highest BCUT2D eigenvalue weighted by Gasteiger charge is 2.27. The van der Waals surface area contributed by atoms with Gasteiger partial charge < -0.3 is 15.1 Å². The van der Waals surface area contributed by atoms with Gasteiger partial charge in [0.05, 0.1) is 20.8 Å². The van der Waals surface area contributed by atoms with E-state index in [1.165, 1.54) is 23.8 Å². The molecule has 0 bridgehead atoms. The van der Waals surface area contributed by atoms with E-state index >= 15 is 0 Å². The summed E-state index contributed by atoms with van der Waals surface area (Å²) in [7, 11) is 0. The number of nitro groups is 3. The van der Waals surface area contributed by atoms with E-state index in [1.54, 1.807) is 12.1 Å². The molecule has 1 fully saturated rings. The predicted octanol–water partition coefficient (Wildman–Crippen LogP) is 5.17.